The van der Waals surface area contributed by atoms with Crippen LogP contribution in [0.2, 0.25) is 0 Å². The molecule has 0 fully saturated rings. The first kappa shape index (κ1) is 18.9. The Labute approximate surface area is 178 Å². The molecule has 3 aromatic carbocycles. The van der Waals surface area contributed by atoms with Gasteiger partial charge in [0.25, 0.3) is 0 Å². The molecule has 6 nitrogen and oxygen atoms in total. The van der Waals surface area contributed by atoms with E-state index in [4.69, 9.17) is 18.9 Å². The largest absolute Gasteiger partial charge is 0.454 e. The highest BCUT2D eigenvalue weighted by molar-refractivity contribution is 6.15. The average Bonchev–Trinajstić information content (AvgIpc) is 3.35. The molecule has 5 rings (SSSR count). The number of rotatable bonds is 3. The maximum atomic E-state index is 12.8. The minimum Gasteiger partial charge on any atom is -0.454 e. The Bertz CT molecular complexity index is 1250. The zero-order valence-electron chi connectivity index (χ0n) is 16.9. The van der Waals surface area contributed by atoms with Gasteiger partial charge in [-0.15, -0.1) is 0 Å². The number of ketones is 1. The quantitative estimate of drug-likeness (QED) is 0.346. The Balaban J connectivity index is 1.41. The van der Waals surface area contributed by atoms with Crippen LogP contribution in [0.4, 0.5) is 0 Å². The molecule has 2 aliphatic rings. The van der Waals surface area contributed by atoms with Crippen LogP contribution in [0.5, 0.6) is 23.0 Å². The van der Waals surface area contributed by atoms with Crippen molar-refractivity contribution in [1.82, 2.24) is 0 Å². The van der Waals surface area contributed by atoms with Gasteiger partial charge in [-0.1, -0.05) is 23.8 Å². The SMILES string of the molecule is Cc1ccc(C(=O)Oc2ccc3c(c2C)O/C(=C\c2ccc4c(c2)OCO4)C3=O)cc1. The van der Waals surface area contributed by atoms with Gasteiger partial charge in [-0.05, 0) is 61.9 Å². The number of carbonyl (C=O) groups is 2. The maximum absolute atomic E-state index is 12.8. The van der Waals surface area contributed by atoms with Gasteiger partial charge in [-0.25, -0.2) is 4.79 Å². The van der Waals surface area contributed by atoms with E-state index in [0.717, 1.165) is 11.1 Å². The molecule has 0 saturated heterocycles. The van der Waals surface area contributed by atoms with Gasteiger partial charge >= 0.3 is 5.97 Å². The highest BCUT2D eigenvalue weighted by Gasteiger charge is 2.30. The smallest absolute Gasteiger partial charge is 0.343 e. The number of carbonyl (C=O) groups excluding carboxylic acids is 2. The molecule has 2 aliphatic heterocycles. The van der Waals surface area contributed by atoms with Crippen molar-refractivity contribution < 1.29 is 28.5 Å². The van der Waals surface area contributed by atoms with Crippen molar-refractivity contribution in [3.05, 3.63) is 88.2 Å². The van der Waals surface area contributed by atoms with Crippen LogP contribution in [0.25, 0.3) is 6.08 Å². The van der Waals surface area contributed by atoms with E-state index < -0.39 is 5.97 Å². The summed E-state index contributed by atoms with van der Waals surface area (Å²) in [7, 11) is 0. The van der Waals surface area contributed by atoms with Crippen LogP contribution in [0.15, 0.2) is 60.4 Å². The molecule has 31 heavy (non-hydrogen) atoms. The van der Waals surface area contributed by atoms with Gasteiger partial charge in [-0.2, -0.15) is 0 Å². The van der Waals surface area contributed by atoms with Crippen LogP contribution in [-0.2, 0) is 0 Å². The number of hydrogen-bond donors (Lipinski definition) is 0. The summed E-state index contributed by atoms with van der Waals surface area (Å²) < 4.78 is 22.1. The van der Waals surface area contributed by atoms with E-state index in [9.17, 15) is 9.59 Å². The van der Waals surface area contributed by atoms with Crippen LogP contribution in [0.1, 0.15) is 37.4 Å². The molecule has 2 heterocycles. The van der Waals surface area contributed by atoms with E-state index in [-0.39, 0.29) is 18.3 Å². The van der Waals surface area contributed by atoms with Crippen LogP contribution >= 0.6 is 0 Å². The second kappa shape index (κ2) is 7.32. The minimum atomic E-state index is -0.469. The van der Waals surface area contributed by atoms with Crippen molar-refractivity contribution in [1.29, 1.82) is 0 Å². The monoisotopic (exact) mass is 414 g/mol. The summed E-state index contributed by atoms with van der Waals surface area (Å²) in [5, 5.41) is 0. The summed E-state index contributed by atoms with van der Waals surface area (Å²) in [4.78, 5) is 25.3. The topological polar surface area (TPSA) is 71.1 Å². The van der Waals surface area contributed by atoms with Gasteiger partial charge in [-0.3, -0.25) is 4.79 Å². The molecule has 0 N–H and O–H groups in total. The van der Waals surface area contributed by atoms with Gasteiger partial charge in [0.1, 0.15) is 11.5 Å². The van der Waals surface area contributed by atoms with E-state index in [1.807, 2.05) is 25.1 Å². The Hall–Kier alpha value is -4.06. The van der Waals surface area contributed by atoms with Crippen molar-refractivity contribution in [3.63, 3.8) is 0 Å². The lowest BCUT2D eigenvalue weighted by molar-refractivity contribution is 0.0733. The molecular weight excluding hydrogens is 396 g/mol. The van der Waals surface area contributed by atoms with Crippen molar-refractivity contribution in [2.45, 2.75) is 13.8 Å². The first-order valence-corrected chi connectivity index (χ1v) is 9.76. The fourth-order valence-corrected chi connectivity index (χ4v) is 3.48. The second-order valence-electron chi connectivity index (χ2n) is 7.37. The Morgan fingerprint density at radius 3 is 2.55 bits per heavy atom. The van der Waals surface area contributed by atoms with Crippen LogP contribution < -0.4 is 18.9 Å². The molecule has 0 aliphatic carbocycles. The summed E-state index contributed by atoms with van der Waals surface area (Å²) in [6.45, 7) is 3.88. The van der Waals surface area contributed by atoms with Crippen LogP contribution in [0.3, 0.4) is 0 Å². The normalized spacial score (nSPS) is 15.0. The van der Waals surface area contributed by atoms with E-state index in [1.54, 1.807) is 49.4 Å². The van der Waals surface area contributed by atoms with Crippen molar-refractivity contribution in [3.8, 4) is 23.0 Å². The third-order valence-electron chi connectivity index (χ3n) is 5.22. The third-order valence-corrected chi connectivity index (χ3v) is 5.22. The Morgan fingerprint density at radius 2 is 1.74 bits per heavy atom. The predicted octanol–water partition coefficient (Wildman–Crippen LogP) is 4.87. The second-order valence-corrected chi connectivity index (χ2v) is 7.37. The molecule has 0 amide bonds. The summed E-state index contributed by atoms with van der Waals surface area (Å²) in [5.74, 6) is 1.53. The molecule has 0 bridgehead atoms. The Morgan fingerprint density at radius 1 is 0.968 bits per heavy atom. The number of allylic oxidation sites excluding steroid dienone is 1. The molecule has 0 spiro atoms. The minimum absolute atomic E-state index is 0.180. The summed E-state index contributed by atoms with van der Waals surface area (Å²) in [6, 6.07) is 15.8. The fourth-order valence-electron chi connectivity index (χ4n) is 3.48. The fraction of sp³-hybridized carbons (Fsp3) is 0.120. The molecule has 3 aromatic rings. The average molecular weight is 414 g/mol. The van der Waals surface area contributed by atoms with Gasteiger partial charge in [0.2, 0.25) is 12.6 Å². The van der Waals surface area contributed by atoms with E-state index >= 15 is 0 Å². The van der Waals surface area contributed by atoms with Gasteiger partial charge in [0.15, 0.2) is 17.3 Å². The predicted molar refractivity (Wildman–Crippen MR) is 113 cm³/mol. The van der Waals surface area contributed by atoms with Crippen molar-refractivity contribution in [2.75, 3.05) is 6.79 Å². The molecule has 0 radical (unpaired) electrons. The molecule has 0 saturated carbocycles. The number of hydrogen-bond acceptors (Lipinski definition) is 6. The van der Waals surface area contributed by atoms with Crippen LogP contribution in [-0.4, -0.2) is 18.5 Å². The number of benzene rings is 3. The van der Waals surface area contributed by atoms with Crippen molar-refractivity contribution in [2.24, 2.45) is 0 Å². The molecule has 0 atom stereocenters. The number of esters is 1. The van der Waals surface area contributed by atoms with E-state index in [0.29, 0.717) is 39.7 Å². The highest BCUT2D eigenvalue weighted by atomic mass is 16.7. The highest BCUT2D eigenvalue weighted by Crippen LogP contribution is 2.40. The molecule has 0 aromatic heterocycles. The van der Waals surface area contributed by atoms with Gasteiger partial charge in [0, 0.05) is 5.56 Å². The molecule has 154 valence electrons. The van der Waals surface area contributed by atoms with Gasteiger partial charge in [0.05, 0.1) is 11.1 Å². The van der Waals surface area contributed by atoms with Gasteiger partial charge < -0.3 is 18.9 Å². The lowest BCUT2D eigenvalue weighted by atomic mass is 10.1. The summed E-state index contributed by atoms with van der Waals surface area (Å²) in [5.41, 5.74) is 3.27. The first-order chi connectivity index (χ1) is 15.0. The van der Waals surface area contributed by atoms with E-state index in [2.05, 4.69) is 0 Å². The lowest BCUT2D eigenvalue weighted by Gasteiger charge is -2.10. The maximum Gasteiger partial charge on any atom is 0.343 e. The number of aryl methyl sites for hydroxylation is 1. The van der Waals surface area contributed by atoms with Crippen LogP contribution in [0, 0.1) is 13.8 Å². The molecule has 6 heteroatoms. The Kier molecular flexibility index (Phi) is 4.47. The van der Waals surface area contributed by atoms with E-state index in [1.165, 1.54) is 0 Å². The lowest BCUT2D eigenvalue weighted by Crippen LogP contribution is -2.09. The summed E-state index contributed by atoms with van der Waals surface area (Å²) in [6.07, 6.45) is 1.65. The molecular formula is C25H18O6. The first-order valence-electron chi connectivity index (χ1n) is 9.76. The number of Topliss-reactive ketones (excluding diaryl/α,β-unsaturated/α-hetero) is 1. The zero-order chi connectivity index (χ0) is 21.5. The number of fused-ring (bicyclic) bond motifs is 2. The molecule has 0 unspecified atom stereocenters. The van der Waals surface area contributed by atoms with Crippen molar-refractivity contribution >= 4 is 17.8 Å². The third kappa shape index (κ3) is 3.42. The summed E-state index contributed by atoms with van der Waals surface area (Å²) >= 11 is 0. The zero-order valence-corrected chi connectivity index (χ0v) is 16.9. The standard InChI is InChI=1S/C25H18O6/c1-14-3-6-17(7-4-14)25(27)31-19-10-8-18-23(26)22(30-24(18)15(19)2)12-16-5-9-20-21(11-16)29-13-28-20/h3-12H,13H2,1-2H3/b22-12-. The number of ether oxygens (including phenoxy) is 4.